The minimum atomic E-state index is -2.91. The van der Waals surface area contributed by atoms with Crippen molar-refractivity contribution in [1.82, 2.24) is 9.78 Å². The maximum Gasteiger partial charge on any atom is 0.150 e. The number of hydrogen-bond acceptors (Lipinski definition) is 3. The first-order valence-corrected chi connectivity index (χ1v) is 10.1. The zero-order valence-electron chi connectivity index (χ0n) is 13.5. The zero-order valence-corrected chi connectivity index (χ0v) is 15.1. The summed E-state index contributed by atoms with van der Waals surface area (Å²) in [5, 5.41) is 4.64. The Bertz CT molecular complexity index is 552. The molecular formula is C15H27ClN2O2S. The summed E-state index contributed by atoms with van der Waals surface area (Å²) in [5.41, 5.74) is 3.36. The van der Waals surface area contributed by atoms with Crippen molar-refractivity contribution >= 4 is 21.4 Å². The quantitative estimate of drug-likeness (QED) is 0.649. The van der Waals surface area contributed by atoms with Gasteiger partial charge in [-0.15, -0.1) is 11.6 Å². The summed E-state index contributed by atoms with van der Waals surface area (Å²) in [4.78, 5) is 0. The minimum Gasteiger partial charge on any atom is -0.269 e. The topological polar surface area (TPSA) is 52.0 Å². The summed E-state index contributed by atoms with van der Waals surface area (Å²) in [6.45, 7) is 8.58. The van der Waals surface area contributed by atoms with Gasteiger partial charge in [0.25, 0.3) is 0 Å². The third-order valence-corrected chi connectivity index (χ3v) is 6.10. The predicted molar refractivity (Wildman–Crippen MR) is 88.8 cm³/mol. The van der Waals surface area contributed by atoms with Crippen LogP contribution in [0.1, 0.15) is 62.9 Å². The van der Waals surface area contributed by atoms with Crippen LogP contribution < -0.4 is 0 Å². The van der Waals surface area contributed by atoms with Crippen molar-refractivity contribution < 1.29 is 8.42 Å². The van der Waals surface area contributed by atoms with E-state index in [-0.39, 0.29) is 16.9 Å². The number of aromatic nitrogens is 2. The third-order valence-electron chi connectivity index (χ3n) is 3.78. The highest BCUT2D eigenvalue weighted by atomic mass is 35.5. The summed E-state index contributed by atoms with van der Waals surface area (Å²) in [6, 6.07) is 0. The summed E-state index contributed by atoms with van der Waals surface area (Å²) >= 11 is 6.45. The predicted octanol–water partition coefficient (Wildman–Crippen LogP) is 3.52. The molecule has 0 saturated carbocycles. The number of rotatable bonds is 9. The van der Waals surface area contributed by atoms with Crippen molar-refractivity contribution in [3.8, 4) is 0 Å². The number of sulfone groups is 1. The summed E-state index contributed by atoms with van der Waals surface area (Å²) in [5.74, 6) is 0.430. The van der Waals surface area contributed by atoms with Crippen LogP contribution >= 0.6 is 11.6 Å². The lowest BCUT2D eigenvalue weighted by molar-refractivity contribution is 0.556. The van der Waals surface area contributed by atoms with Crippen LogP contribution in [0, 0.1) is 0 Å². The van der Waals surface area contributed by atoms with E-state index in [1.807, 2.05) is 4.68 Å². The van der Waals surface area contributed by atoms with Gasteiger partial charge in [0.15, 0.2) is 0 Å². The lowest BCUT2D eigenvalue weighted by Gasteiger charge is -2.11. The Balaban J connectivity index is 2.95. The van der Waals surface area contributed by atoms with Crippen LogP contribution in [0.4, 0.5) is 0 Å². The average Bonchev–Trinajstić information content (AvgIpc) is 2.83. The third kappa shape index (κ3) is 4.71. The molecule has 4 nitrogen and oxygen atoms in total. The number of aryl methyl sites for hydroxylation is 2. The van der Waals surface area contributed by atoms with Crippen molar-refractivity contribution in [3.63, 3.8) is 0 Å². The van der Waals surface area contributed by atoms with Gasteiger partial charge in [0.05, 0.1) is 16.8 Å². The molecule has 1 atom stereocenters. The summed E-state index contributed by atoms with van der Waals surface area (Å²) < 4.78 is 25.1. The van der Waals surface area contributed by atoms with E-state index in [9.17, 15) is 8.42 Å². The van der Waals surface area contributed by atoms with E-state index in [1.54, 1.807) is 6.92 Å². The molecule has 21 heavy (non-hydrogen) atoms. The molecule has 0 aromatic carbocycles. The van der Waals surface area contributed by atoms with Gasteiger partial charge in [-0.25, -0.2) is 8.42 Å². The molecule has 0 radical (unpaired) electrons. The van der Waals surface area contributed by atoms with Gasteiger partial charge in [0.2, 0.25) is 0 Å². The number of alkyl halides is 1. The van der Waals surface area contributed by atoms with Gasteiger partial charge in [0, 0.05) is 23.6 Å². The van der Waals surface area contributed by atoms with Crippen molar-refractivity contribution in [1.29, 1.82) is 0 Å². The molecule has 0 saturated heterocycles. The largest absolute Gasteiger partial charge is 0.269 e. The molecule has 1 aromatic heterocycles. The van der Waals surface area contributed by atoms with Crippen LogP contribution in [0.25, 0.3) is 0 Å². The standard InChI is InChI=1S/C15H27ClN2O2S/c1-5-12(16)15-13(6-2)17-18(14(15)7-3)10-9-11-21(19,20)8-4/h12H,5-11H2,1-4H3. The van der Waals surface area contributed by atoms with E-state index in [4.69, 9.17) is 11.6 Å². The highest BCUT2D eigenvalue weighted by molar-refractivity contribution is 7.91. The van der Waals surface area contributed by atoms with Gasteiger partial charge >= 0.3 is 0 Å². The molecule has 1 rings (SSSR count). The van der Waals surface area contributed by atoms with Crippen molar-refractivity contribution in [3.05, 3.63) is 17.0 Å². The van der Waals surface area contributed by atoms with Gasteiger partial charge in [-0.1, -0.05) is 27.7 Å². The Morgan fingerprint density at radius 2 is 1.86 bits per heavy atom. The molecule has 0 bridgehead atoms. The number of halogens is 1. The van der Waals surface area contributed by atoms with Crippen molar-refractivity contribution in [2.45, 2.75) is 65.3 Å². The Morgan fingerprint density at radius 3 is 2.33 bits per heavy atom. The summed E-state index contributed by atoms with van der Waals surface area (Å²) in [6.07, 6.45) is 3.20. The Kier molecular flexibility index (Phi) is 7.21. The molecule has 122 valence electrons. The second kappa shape index (κ2) is 8.18. The molecule has 0 fully saturated rings. The monoisotopic (exact) mass is 334 g/mol. The van der Waals surface area contributed by atoms with E-state index in [2.05, 4.69) is 25.9 Å². The molecular weight excluding hydrogens is 308 g/mol. The number of nitrogens with zero attached hydrogens (tertiary/aromatic N) is 2. The fourth-order valence-corrected chi connectivity index (χ4v) is 3.64. The first kappa shape index (κ1) is 18.5. The lowest BCUT2D eigenvalue weighted by Crippen LogP contribution is -2.13. The minimum absolute atomic E-state index is 0.0111. The fraction of sp³-hybridized carbons (Fsp3) is 0.800. The van der Waals surface area contributed by atoms with Crippen molar-refractivity contribution in [2.75, 3.05) is 11.5 Å². The fourth-order valence-electron chi connectivity index (χ4n) is 2.53. The summed E-state index contributed by atoms with van der Waals surface area (Å²) in [7, 11) is -2.91. The smallest absolute Gasteiger partial charge is 0.150 e. The molecule has 0 aliphatic carbocycles. The molecule has 6 heteroatoms. The van der Waals surface area contributed by atoms with Gasteiger partial charge in [-0.3, -0.25) is 4.68 Å². The van der Waals surface area contributed by atoms with E-state index in [0.29, 0.717) is 13.0 Å². The molecule has 0 aliphatic rings. The normalized spacial score (nSPS) is 13.6. The average molecular weight is 335 g/mol. The molecule has 0 aliphatic heterocycles. The van der Waals surface area contributed by atoms with Crippen LogP contribution in [0.2, 0.25) is 0 Å². The van der Waals surface area contributed by atoms with Gasteiger partial charge in [-0.2, -0.15) is 5.10 Å². The van der Waals surface area contributed by atoms with Gasteiger partial charge < -0.3 is 0 Å². The number of hydrogen-bond donors (Lipinski definition) is 0. The molecule has 0 amide bonds. The van der Waals surface area contributed by atoms with E-state index >= 15 is 0 Å². The van der Waals surface area contributed by atoms with E-state index in [0.717, 1.165) is 36.2 Å². The van der Waals surface area contributed by atoms with Gasteiger partial charge in [0.1, 0.15) is 9.84 Å². The van der Waals surface area contributed by atoms with Crippen LogP contribution in [0.15, 0.2) is 0 Å². The Hall–Kier alpha value is -0.550. The molecule has 1 heterocycles. The first-order valence-electron chi connectivity index (χ1n) is 7.82. The highest BCUT2D eigenvalue weighted by Crippen LogP contribution is 2.31. The molecule has 1 aromatic rings. The molecule has 1 unspecified atom stereocenters. The molecule has 0 N–H and O–H groups in total. The van der Waals surface area contributed by atoms with E-state index in [1.165, 1.54) is 0 Å². The Labute approximate surface area is 133 Å². The van der Waals surface area contributed by atoms with Crippen LogP contribution in [0.5, 0.6) is 0 Å². The highest BCUT2D eigenvalue weighted by Gasteiger charge is 2.21. The van der Waals surface area contributed by atoms with E-state index < -0.39 is 9.84 Å². The maximum atomic E-state index is 11.6. The van der Waals surface area contributed by atoms with Crippen molar-refractivity contribution in [2.24, 2.45) is 0 Å². The van der Waals surface area contributed by atoms with Crippen LogP contribution in [-0.2, 0) is 29.2 Å². The zero-order chi connectivity index (χ0) is 16.0. The SMILES string of the molecule is CCc1nn(CCCS(=O)(=O)CC)c(CC)c1C(Cl)CC. The maximum absolute atomic E-state index is 11.6. The van der Waals surface area contributed by atoms with Gasteiger partial charge in [-0.05, 0) is 25.7 Å². The Morgan fingerprint density at radius 1 is 1.19 bits per heavy atom. The first-order chi connectivity index (χ1) is 9.90. The molecule has 0 spiro atoms. The second-order valence-corrected chi connectivity index (χ2v) is 8.20. The lowest BCUT2D eigenvalue weighted by atomic mass is 10.0. The van der Waals surface area contributed by atoms with Crippen LogP contribution in [0.3, 0.4) is 0 Å². The second-order valence-electron chi connectivity index (χ2n) is 5.20. The van der Waals surface area contributed by atoms with Crippen LogP contribution in [-0.4, -0.2) is 29.7 Å².